The van der Waals surface area contributed by atoms with Crippen LogP contribution in [0.3, 0.4) is 0 Å². The molecule has 1 aromatic carbocycles. The Bertz CT molecular complexity index is 707. The number of carboxylic acid groups (broad SMARTS) is 1. The molecule has 2 unspecified atom stereocenters. The highest BCUT2D eigenvalue weighted by Gasteiger charge is 2.36. The fourth-order valence-corrected chi connectivity index (χ4v) is 4.05. The molecule has 2 atom stereocenters. The fraction of sp³-hybridized carbons (Fsp3) is 0.357. The molecule has 0 saturated carbocycles. The summed E-state index contributed by atoms with van der Waals surface area (Å²) in [6, 6.07) is 4.61. The molecule has 0 aliphatic carbocycles. The van der Waals surface area contributed by atoms with Gasteiger partial charge in [0.25, 0.3) is 0 Å². The summed E-state index contributed by atoms with van der Waals surface area (Å²) in [6.07, 6.45) is 3.23. The summed E-state index contributed by atoms with van der Waals surface area (Å²) in [7, 11) is 0. The van der Waals surface area contributed by atoms with Crippen molar-refractivity contribution >= 4 is 32.8 Å². The van der Waals surface area contributed by atoms with Crippen molar-refractivity contribution < 1.29 is 9.90 Å². The highest BCUT2D eigenvalue weighted by Crippen LogP contribution is 2.42. The van der Waals surface area contributed by atoms with Crippen molar-refractivity contribution in [2.24, 2.45) is 0 Å². The lowest BCUT2D eigenvalue weighted by Crippen LogP contribution is -2.31. The van der Waals surface area contributed by atoms with Crippen molar-refractivity contribution in [3.05, 3.63) is 33.4 Å². The second-order valence-corrected chi connectivity index (χ2v) is 6.22. The van der Waals surface area contributed by atoms with Gasteiger partial charge in [0, 0.05) is 39.6 Å². The van der Waals surface area contributed by atoms with Gasteiger partial charge in [-0.2, -0.15) is 0 Å². The lowest BCUT2D eigenvalue weighted by Gasteiger charge is -2.22. The molecule has 5 heteroatoms. The SMILES string of the molecule is O=C(O)c1c(Br)ccc2[nH]c3c(c12)C1CCC(C3)N1. The largest absolute Gasteiger partial charge is 0.478 e. The summed E-state index contributed by atoms with van der Waals surface area (Å²) >= 11 is 3.37. The van der Waals surface area contributed by atoms with E-state index in [-0.39, 0.29) is 0 Å². The van der Waals surface area contributed by atoms with Gasteiger partial charge in [-0.15, -0.1) is 0 Å². The second-order valence-electron chi connectivity index (χ2n) is 5.36. The first kappa shape index (κ1) is 11.5. The van der Waals surface area contributed by atoms with E-state index in [0.717, 1.165) is 23.7 Å². The Morgan fingerprint density at radius 3 is 3.00 bits per heavy atom. The molecule has 2 bridgehead atoms. The van der Waals surface area contributed by atoms with Gasteiger partial charge in [0.15, 0.2) is 0 Å². The van der Waals surface area contributed by atoms with Crippen LogP contribution in [0, 0.1) is 0 Å². The molecule has 4 nitrogen and oxygen atoms in total. The normalized spacial score (nSPS) is 24.7. The third kappa shape index (κ3) is 1.51. The van der Waals surface area contributed by atoms with Gasteiger partial charge in [-0.3, -0.25) is 0 Å². The quantitative estimate of drug-likeness (QED) is 0.756. The molecule has 0 radical (unpaired) electrons. The summed E-state index contributed by atoms with van der Waals surface area (Å²) < 4.78 is 0.648. The Morgan fingerprint density at radius 1 is 1.37 bits per heavy atom. The molecule has 3 N–H and O–H groups in total. The Kier molecular flexibility index (Phi) is 2.32. The molecule has 1 saturated heterocycles. The van der Waals surface area contributed by atoms with Crippen molar-refractivity contribution in [3.63, 3.8) is 0 Å². The maximum Gasteiger partial charge on any atom is 0.337 e. The van der Waals surface area contributed by atoms with Crippen LogP contribution in [0.1, 0.15) is 40.5 Å². The minimum atomic E-state index is -0.876. The summed E-state index contributed by atoms with van der Waals surface area (Å²) in [6.45, 7) is 0. The zero-order valence-electron chi connectivity index (χ0n) is 10.2. The number of hydrogen-bond acceptors (Lipinski definition) is 2. The van der Waals surface area contributed by atoms with E-state index in [4.69, 9.17) is 0 Å². The predicted molar refractivity (Wildman–Crippen MR) is 75.6 cm³/mol. The van der Waals surface area contributed by atoms with Gasteiger partial charge in [0.1, 0.15) is 0 Å². The van der Waals surface area contributed by atoms with Gasteiger partial charge in [-0.05, 0) is 46.5 Å². The van der Waals surface area contributed by atoms with Crippen LogP contribution in [0.2, 0.25) is 0 Å². The van der Waals surface area contributed by atoms with Gasteiger partial charge in [-0.1, -0.05) is 0 Å². The monoisotopic (exact) mass is 320 g/mol. The minimum absolute atomic E-state index is 0.301. The van der Waals surface area contributed by atoms with Crippen molar-refractivity contribution in [3.8, 4) is 0 Å². The fourth-order valence-electron chi connectivity index (χ4n) is 3.55. The Labute approximate surface area is 118 Å². The Hall–Kier alpha value is -1.33. The van der Waals surface area contributed by atoms with Crippen LogP contribution in [-0.2, 0) is 6.42 Å². The first-order chi connectivity index (χ1) is 9.15. The van der Waals surface area contributed by atoms with E-state index in [2.05, 4.69) is 26.2 Å². The molecular weight excluding hydrogens is 308 g/mol. The van der Waals surface area contributed by atoms with E-state index >= 15 is 0 Å². The minimum Gasteiger partial charge on any atom is -0.478 e. The van der Waals surface area contributed by atoms with Crippen molar-refractivity contribution in [2.75, 3.05) is 0 Å². The zero-order chi connectivity index (χ0) is 13.1. The Morgan fingerprint density at radius 2 is 2.21 bits per heavy atom. The number of carbonyl (C=O) groups is 1. The van der Waals surface area contributed by atoms with Crippen LogP contribution in [0.25, 0.3) is 10.9 Å². The molecule has 1 fully saturated rings. The standard InChI is InChI=1S/C14H13BrN2O2/c15-7-2-4-9-13(11(7)14(18)19)12-8-3-1-6(16-8)5-10(12)17-9/h2,4,6,8,16-17H,1,3,5H2,(H,18,19). The van der Waals surface area contributed by atoms with Gasteiger partial charge in [0.2, 0.25) is 0 Å². The summed E-state index contributed by atoms with van der Waals surface area (Å²) in [4.78, 5) is 15.0. The zero-order valence-corrected chi connectivity index (χ0v) is 11.8. The van der Waals surface area contributed by atoms with E-state index in [1.807, 2.05) is 6.07 Å². The summed E-state index contributed by atoms with van der Waals surface area (Å²) in [5.74, 6) is -0.876. The van der Waals surface area contributed by atoms with Crippen LogP contribution in [0.5, 0.6) is 0 Å². The van der Waals surface area contributed by atoms with Crippen LogP contribution in [-0.4, -0.2) is 22.1 Å². The molecule has 2 aliphatic heterocycles. The van der Waals surface area contributed by atoms with E-state index in [1.165, 1.54) is 17.7 Å². The predicted octanol–water partition coefficient (Wildman–Crippen LogP) is 2.98. The van der Waals surface area contributed by atoms with Gasteiger partial charge in [-0.25, -0.2) is 4.79 Å². The number of aromatic carboxylic acids is 1. The summed E-state index contributed by atoms with van der Waals surface area (Å²) in [5.41, 5.74) is 3.69. The van der Waals surface area contributed by atoms with Gasteiger partial charge in [0.05, 0.1) is 5.56 Å². The first-order valence-electron chi connectivity index (χ1n) is 6.47. The number of carboxylic acids is 1. The number of nitrogens with one attached hydrogen (secondary N) is 2. The maximum atomic E-state index is 11.6. The van der Waals surface area contributed by atoms with E-state index in [1.54, 1.807) is 6.07 Å². The van der Waals surface area contributed by atoms with Crippen LogP contribution in [0.15, 0.2) is 16.6 Å². The molecule has 0 spiro atoms. The summed E-state index contributed by atoms with van der Waals surface area (Å²) in [5, 5.41) is 13.9. The number of rotatable bonds is 1. The third-order valence-corrected chi connectivity index (χ3v) is 4.95. The number of benzene rings is 1. The molecule has 4 rings (SSSR count). The van der Waals surface area contributed by atoms with Crippen molar-refractivity contribution in [1.82, 2.24) is 10.3 Å². The number of aromatic amines is 1. The molecule has 19 heavy (non-hydrogen) atoms. The average molecular weight is 321 g/mol. The van der Waals surface area contributed by atoms with E-state index in [9.17, 15) is 9.90 Å². The molecule has 98 valence electrons. The van der Waals surface area contributed by atoms with Gasteiger partial charge >= 0.3 is 5.97 Å². The van der Waals surface area contributed by atoms with E-state index in [0.29, 0.717) is 22.1 Å². The third-order valence-electron chi connectivity index (χ3n) is 4.29. The van der Waals surface area contributed by atoms with Crippen LogP contribution in [0.4, 0.5) is 0 Å². The van der Waals surface area contributed by atoms with E-state index < -0.39 is 5.97 Å². The maximum absolute atomic E-state index is 11.6. The number of fused-ring (bicyclic) bond motifs is 6. The topological polar surface area (TPSA) is 65.1 Å². The number of hydrogen-bond donors (Lipinski definition) is 3. The average Bonchev–Trinajstić information content (AvgIpc) is 2.91. The highest BCUT2D eigenvalue weighted by atomic mass is 79.9. The Balaban J connectivity index is 2.09. The highest BCUT2D eigenvalue weighted by molar-refractivity contribution is 9.10. The molecular formula is C14H13BrN2O2. The number of halogens is 1. The molecule has 0 amide bonds. The molecule has 2 aromatic rings. The molecule has 1 aromatic heterocycles. The van der Waals surface area contributed by atoms with Crippen LogP contribution < -0.4 is 5.32 Å². The lowest BCUT2D eigenvalue weighted by atomic mass is 9.96. The van der Waals surface area contributed by atoms with Gasteiger partial charge < -0.3 is 15.4 Å². The first-order valence-corrected chi connectivity index (χ1v) is 7.26. The lowest BCUT2D eigenvalue weighted by molar-refractivity contribution is 0.0698. The second kappa shape index (κ2) is 3.84. The molecule has 3 heterocycles. The van der Waals surface area contributed by atoms with Crippen molar-refractivity contribution in [1.29, 1.82) is 0 Å². The van der Waals surface area contributed by atoms with Crippen molar-refractivity contribution in [2.45, 2.75) is 31.3 Å². The number of aromatic nitrogens is 1. The smallest absolute Gasteiger partial charge is 0.337 e. The number of H-pyrrole nitrogens is 1. The van der Waals surface area contributed by atoms with Crippen LogP contribution >= 0.6 is 15.9 Å². The molecule has 2 aliphatic rings.